The maximum Gasteiger partial charge on any atom is 0.211 e. The SMILES string of the molecule is C[C@@H]1CN(S(C)(=O)=O)CCO1. The molecule has 11 heavy (non-hydrogen) atoms. The highest BCUT2D eigenvalue weighted by molar-refractivity contribution is 7.88. The summed E-state index contributed by atoms with van der Waals surface area (Å²) in [6.07, 6.45) is 1.25. The zero-order chi connectivity index (χ0) is 8.48. The van der Waals surface area contributed by atoms with E-state index in [9.17, 15) is 8.42 Å². The summed E-state index contributed by atoms with van der Waals surface area (Å²) in [4.78, 5) is 0. The van der Waals surface area contributed by atoms with Crippen LogP contribution in [0.25, 0.3) is 0 Å². The maximum absolute atomic E-state index is 11.0. The fourth-order valence-electron chi connectivity index (χ4n) is 1.09. The van der Waals surface area contributed by atoms with Crippen molar-refractivity contribution in [2.24, 2.45) is 0 Å². The molecule has 0 aliphatic carbocycles. The first-order chi connectivity index (χ1) is 5.00. The van der Waals surface area contributed by atoms with Crippen LogP contribution in [0.2, 0.25) is 0 Å². The zero-order valence-electron chi connectivity index (χ0n) is 6.78. The minimum absolute atomic E-state index is 0.0264. The molecule has 0 unspecified atom stereocenters. The van der Waals surface area contributed by atoms with Crippen molar-refractivity contribution in [3.8, 4) is 0 Å². The van der Waals surface area contributed by atoms with E-state index in [-0.39, 0.29) is 6.10 Å². The standard InChI is InChI=1S/C6H13NO3S/c1-6-5-7(3-4-10-6)11(2,8)9/h6H,3-5H2,1-2H3/t6-/m1/s1. The molecule has 1 aliphatic heterocycles. The van der Waals surface area contributed by atoms with Crippen molar-refractivity contribution in [3.05, 3.63) is 0 Å². The summed E-state index contributed by atoms with van der Waals surface area (Å²) in [5, 5.41) is 0. The summed E-state index contributed by atoms with van der Waals surface area (Å²) < 4.78 is 28.6. The van der Waals surface area contributed by atoms with Crippen LogP contribution in [-0.4, -0.2) is 44.8 Å². The number of ether oxygens (including phenoxy) is 1. The van der Waals surface area contributed by atoms with E-state index in [1.807, 2.05) is 6.92 Å². The minimum Gasteiger partial charge on any atom is -0.376 e. The lowest BCUT2D eigenvalue weighted by atomic mass is 10.3. The molecule has 0 radical (unpaired) electrons. The third-order valence-corrected chi connectivity index (χ3v) is 2.94. The van der Waals surface area contributed by atoms with Crippen molar-refractivity contribution in [3.63, 3.8) is 0 Å². The van der Waals surface area contributed by atoms with Gasteiger partial charge < -0.3 is 4.74 Å². The molecule has 1 fully saturated rings. The van der Waals surface area contributed by atoms with Crippen LogP contribution in [0.5, 0.6) is 0 Å². The first-order valence-electron chi connectivity index (χ1n) is 3.57. The molecule has 1 aliphatic rings. The van der Waals surface area contributed by atoms with E-state index in [0.717, 1.165) is 0 Å². The van der Waals surface area contributed by atoms with E-state index >= 15 is 0 Å². The van der Waals surface area contributed by atoms with Crippen molar-refractivity contribution in [2.45, 2.75) is 13.0 Å². The minimum atomic E-state index is -3.01. The summed E-state index contributed by atoms with van der Waals surface area (Å²) >= 11 is 0. The molecule has 0 saturated carbocycles. The van der Waals surface area contributed by atoms with Gasteiger partial charge in [-0.3, -0.25) is 0 Å². The van der Waals surface area contributed by atoms with Crippen molar-refractivity contribution in [1.82, 2.24) is 4.31 Å². The fraction of sp³-hybridized carbons (Fsp3) is 1.00. The van der Waals surface area contributed by atoms with Crippen LogP contribution in [0.1, 0.15) is 6.92 Å². The summed E-state index contributed by atoms with van der Waals surface area (Å²) in [6.45, 7) is 3.35. The summed E-state index contributed by atoms with van der Waals surface area (Å²) in [5.41, 5.74) is 0. The van der Waals surface area contributed by atoms with Crippen molar-refractivity contribution in [2.75, 3.05) is 26.0 Å². The van der Waals surface area contributed by atoms with Gasteiger partial charge in [0.05, 0.1) is 19.0 Å². The Labute approximate surface area is 67.2 Å². The van der Waals surface area contributed by atoms with E-state index in [1.54, 1.807) is 0 Å². The molecule has 0 aromatic heterocycles. The van der Waals surface area contributed by atoms with Crippen LogP contribution in [0.4, 0.5) is 0 Å². The zero-order valence-corrected chi connectivity index (χ0v) is 7.60. The Kier molecular flexibility index (Phi) is 2.51. The Morgan fingerprint density at radius 1 is 1.55 bits per heavy atom. The molecule has 0 N–H and O–H groups in total. The molecule has 4 nitrogen and oxygen atoms in total. The smallest absolute Gasteiger partial charge is 0.211 e. The Hall–Kier alpha value is -0.130. The van der Waals surface area contributed by atoms with Gasteiger partial charge in [-0.05, 0) is 6.92 Å². The topological polar surface area (TPSA) is 46.6 Å². The van der Waals surface area contributed by atoms with Crippen LogP contribution in [0, 0.1) is 0 Å². The van der Waals surface area contributed by atoms with Gasteiger partial charge in [0.25, 0.3) is 0 Å². The highest BCUT2D eigenvalue weighted by atomic mass is 32.2. The molecule has 1 heterocycles. The maximum atomic E-state index is 11.0. The van der Waals surface area contributed by atoms with Crippen molar-refractivity contribution in [1.29, 1.82) is 0 Å². The molecular weight excluding hydrogens is 166 g/mol. The predicted molar refractivity (Wildman–Crippen MR) is 41.8 cm³/mol. The largest absolute Gasteiger partial charge is 0.376 e. The molecule has 66 valence electrons. The number of hydrogen-bond donors (Lipinski definition) is 0. The van der Waals surface area contributed by atoms with Gasteiger partial charge in [-0.1, -0.05) is 0 Å². The number of rotatable bonds is 1. The van der Waals surface area contributed by atoms with Gasteiger partial charge in [-0.25, -0.2) is 8.42 Å². The molecular formula is C6H13NO3S. The monoisotopic (exact) mass is 179 g/mol. The van der Waals surface area contributed by atoms with E-state index in [1.165, 1.54) is 10.6 Å². The lowest BCUT2D eigenvalue weighted by molar-refractivity contribution is 0.0104. The van der Waals surface area contributed by atoms with E-state index in [4.69, 9.17) is 4.74 Å². The first-order valence-corrected chi connectivity index (χ1v) is 5.41. The lowest BCUT2D eigenvalue weighted by Crippen LogP contribution is -2.43. The van der Waals surface area contributed by atoms with E-state index in [0.29, 0.717) is 19.7 Å². The second-order valence-electron chi connectivity index (χ2n) is 2.80. The number of sulfonamides is 1. The van der Waals surface area contributed by atoms with Crippen LogP contribution < -0.4 is 0 Å². The van der Waals surface area contributed by atoms with Gasteiger partial charge in [0.15, 0.2) is 0 Å². The first kappa shape index (κ1) is 8.96. The van der Waals surface area contributed by atoms with Gasteiger partial charge in [-0.15, -0.1) is 0 Å². The summed E-state index contributed by atoms with van der Waals surface area (Å²) in [7, 11) is -3.01. The third-order valence-electron chi connectivity index (χ3n) is 1.67. The van der Waals surface area contributed by atoms with Crippen molar-refractivity contribution < 1.29 is 13.2 Å². The highest BCUT2D eigenvalue weighted by Gasteiger charge is 2.23. The normalized spacial score (nSPS) is 28.7. The highest BCUT2D eigenvalue weighted by Crippen LogP contribution is 2.07. The summed E-state index contributed by atoms with van der Waals surface area (Å²) in [6, 6.07) is 0. The molecule has 0 bridgehead atoms. The molecule has 1 atom stereocenters. The second-order valence-corrected chi connectivity index (χ2v) is 4.78. The molecule has 5 heteroatoms. The lowest BCUT2D eigenvalue weighted by Gasteiger charge is -2.28. The fourth-order valence-corrected chi connectivity index (χ4v) is 1.97. The van der Waals surface area contributed by atoms with Crippen LogP contribution >= 0.6 is 0 Å². The molecule has 0 amide bonds. The Morgan fingerprint density at radius 3 is 2.55 bits per heavy atom. The predicted octanol–water partition coefficient (Wildman–Crippen LogP) is -0.333. The average molecular weight is 179 g/mol. The number of nitrogens with zero attached hydrogens (tertiary/aromatic N) is 1. The van der Waals surface area contributed by atoms with E-state index in [2.05, 4.69) is 0 Å². The number of hydrogen-bond acceptors (Lipinski definition) is 3. The van der Waals surface area contributed by atoms with Gasteiger partial charge in [-0.2, -0.15) is 4.31 Å². The number of morpholine rings is 1. The van der Waals surface area contributed by atoms with Crippen LogP contribution in [0.15, 0.2) is 0 Å². The van der Waals surface area contributed by atoms with Crippen LogP contribution in [0.3, 0.4) is 0 Å². The Morgan fingerprint density at radius 2 is 2.18 bits per heavy atom. The quantitative estimate of drug-likeness (QED) is 0.553. The van der Waals surface area contributed by atoms with Gasteiger partial charge in [0.1, 0.15) is 0 Å². The molecule has 1 rings (SSSR count). The Balaban J connectivity index is 2.60. The van der Waals surface area contributed by atoms with E-state index < -0.39 is 10.0 Å². The third kappa shape index (κ3) is 2.43. The average Bonchev–Trinajstić information content (AvgIpc) is 1.86. The van der Waals surface area contributed by atoms with Gasteiger partial charge in [0, 0.05) is 13.1 Å². The molecule has 0 aromatic rings. The van der Waals surface area contributed by atoms with Crippen LogP contribution in [-0.2, 0) is 14.8 Å². The van der Waals surface area contributed by atoms with Gasteiger partial charge >= 0.3 is 0 Å². The molecule has 0 spiro atoms. The second kappa shape index (κ2) is 3.08. The molecule has 1 saturated heterocycles. The van der Waals surface area contributed by atoms with Crippen molar-refractivity contribution >= 4 is 10.0 Å². The molecule has 0 aromatic carbocycles. The van der Waals surface area contributed by atoms with Gasteiger partial charge in [0.2, 0.25) is 10.0 Å². The Bertz CT molecular complexity index is 224. The summed E-state index contributed by atoms with van der Waals surface area (Å²) in [5.74, 6) is 0.